The van der Waals surface area contributed by atoms with Crippen LogP contribution in [0.1, 0.15) is 21.1 Å². The van der Waals surface area contributed by atoms with Crippen molar-refractivity contribution in [1.29, 1.82) is 0 Å². The molecule has 0 bridgehead atoms. The molecule has 0 saturated carbocycles. The molecule has 2 aromatic rings. The molecule has 1 aromatic carbocycles. The van der Waals surface area contributed by atoms with Crippen LogP contribution in [0.2, 0.25) is 0 Å². The van der Waals surface area contributed by atoms with Gasteiger partial charge < -0.3 is 15.8 Å². The minimum Gasteiger partial charge on any atom is -0.409 e. The first-order valence-corrected chi connectivity index (χ1v) is 6.69. The SMILES string of the molecule is Cc1nc(C(=O)N(C)c2ccc(C(N)=NO)cc2)cs1. The maximum Gasteiger partial charge on any atom is 0.277 e. The number of carbonyl (C=O) groups excluding carboxylic acids is 1. The number of benzene rings is 1. The van der Waals surface area contributed by atoms with Crippen molar-refractivity contribution in [1.82, 2.24) is 4.98 Å². The van der Waals surface area contributed by atoms with Crippen molar-refractivity contribution in [2.75, 3.05) is 11.9 Å². The van der Waals surface area contributed by atoms with Gasteiger partial charge in [-0.15, -0.1) is 11.3 Å². The molecule has 0 aliphatic carbocycles. The summed E-state index contributed by atoms with van der Waals surface area (Å²) in [5, 5.41) is 14.1. The third-order valence-corrected chi connectivity index (χ3v) is 3.57. The lowest BCUT2D eigenvalue weighted by Gasteiger charge is -2.16. The predicted molar refractivity (Wildman–Crippen MR) is 78.5 cm³/mol. The molecular weight excluding hydrogens is 276 g/mol. The molecule has 0 fully saturated rings. The van der Waals surface area contributed by atoms with E-state index in [1.807, 2.05) is 6.92 Å². The highest BCUT2D eigenvalue weighted by molar-refractivity contribution is 7.09. The predicted octanol–water partition coefficient (Wildman–Crippen LogP) is 1.82. The topological polar surface area (TPSA) is 91.8 Å². The maximum atomic E-state index is 12.2. The monoisotopic (exact) mass is 290 g/mol. The number of nitrogens with two attached hydrogens (primary N) is 1. The second-order valence-corrected chi connectivity index (χ2v) is 5.21. The van der Waals surface area contributed by atoms with Gasteiger partial charge in [0.1, 0.15) is 5.69 Å². The van der Waals surface area contributed by atoms with Crippen LogP contribution >= 0.6 is 11.3 Å². The first-order chi connectivity index (χ1) is 9.52. The largest absolute Gasteiger partial charge is 0.409 e. The van der Waals surface area contributed by atoms with Gasteiger partial charge in [-0.25, -0.2) is 4.98 Å². The number of anilines is 1. The summed E-state index contributed by atoms with van der Waals surface area (Å²) in [6.07, 6.45) is 0. The molecule has 0 unspecified atom stereocenters. The van der Waals surface area contributed by atoms with Gasteiger partial charge >= 0.3 is 0 Å². The lowest BCUT2D eigenvalue weighted by atomic mass is 10.2. The molecule has 6 nitrogen and oxygen atoms in total. The summed E-state index contributed by atoms with van der Waals surface area (Å²) >= 11 is 1.44. The lowest BCUT2D eigenvalue weighted by Crippen LogP contribution is -2.26. The van der Waals surface area contributed by atoms with E-state index < -0.39 is 0 Å². The van der Waals surface area contributed by atoms with E-state index >= 15 is 0 Å². The van der Waals surface area contributed by atoms with Gasteiger partial charge in [0.15, 0.2) is 5.84 Å². The number of aromatic nitrogens is 1. The van der Waals surface area contributed by atoms with Gasteiger partial charge in [-0.3, -0.25) is 4.79 Å². The standard InChI is InChI=1S/C13H14N4O2S/c1-8-15-11(7-20-8)13(18)17(2)10-5-3-9(4-6-10)12(14)16-19/h3-7,19H,1-2H3,(H2,14,16). The molecule has 3 N–H and O–H groups in total. The second kappa shape index (κ2) is 5.70. The summed E-state index contributed by atoms with van der Waals surface area (Å²) in [6.45, 7) is 1.85. The van der Waals surface area contributed by atoms with E-state index in [-0.39, 0.29) is 11.7 Å². The summed E-state index contributed by atoms with van der Waals surface area (Å²) in [5.41, 5.74) is 7.20. The van der Waals surface area contributed by atoms with Crippen molar-refractivity contribution in [2.45, 2.75) is 6.92 Å². The second-order valence-electron chi connectivity index (χ2n) is 4.15. The Labute approximate surface area is 120 Å². The fraction of sp³-hybridized carbons (Fsp3) is 0.154. The number of aryl methyl sites for hydroxylation is 1. The molecule has 7 heteroatoms. The highest BCUT2D eigenvalue weighted by Gasteiger charge is 2.16. The summed E-state index contributed by atoms with van der Waals surface area (Å²) in [5.74, 6) is -0.147. The number of hydrogen-bond donors (Lipinski definition) is 2. The summed E-state index contributed by atoms with van der Waals surface area (Å²) < 4.78 is 0. The van der Waals surface area contributed by atoms with Crippen molar-refractivity contribution in [3.05, 3.63) is 45.9 Å². The number of oxime groups is 1. The first kappa shape index (κ1) is 14.0. The molecule has 1 aromatic heterocycles. The van der Waals surface area contributed by atoms with Crippen molar-refractivity contribution >= 4 is 28.8 Å². The van der Waals surface area contributed by atoms with E-state index in [4.69, 9.17) is 10.9 Å². The Balaban J connectivity index is 2.21. The number of rotatable bonds is 3. The third kappa shape index (κ3) is 2.77. The van der Waals surface area contributed by atoms with Gasteiger partial charge in [0.25, 0.3) is 5.91 Å². The number of amides is 1. The molecule has 0 saturated heterocycles. The van der Waals surface area contributed by atoms with Crippen LogP contribution in [0.3, 0.4) is 0 Å². The van der Waals surface area contributed by atoms with Gasteiger partial charge in [-0.2, -0.15) is 0 Å². The summed E-state index contributed by atoms with van der Waals surface area (Å²) in [6, 6.07) is 6.82. The highest BCUT2D eigenvalue weighted by Crippen LogP contribution is 2.17. The number of amidine groups is 1. The van der Waals surface area contributed by atoms with Crippen molar-refractivity contribution in [3.63, 3.8) is 0 Å². The molecular formula is C13H14N4O2S. The maximum absolute atomic E-state index is 12.2. The van der Waals surface area contributed by atoms with Crippen LogP contribution in [0.5, 0.6) is 0 Å². The van der Waals surface area contributed by atoms with E-state index in [1.165, 1.54) is 16.2 Å². The number of hydrogen-bond acceptors (Lipinski definition) is 5. The zero-order valence-electron chi connectivity index (χ0n) is 11.1. The Morgan fingerprint density at radius 3 is 2.55 bits per heavy atom. The van der Waals surface area contributed by atoms with E-state index in [1.54, 1.807) is 36.7 Å². The molecule has 2 rings (SSSR count). The summed E-state index contributed by atoms with van der Waals surface area (Å²) in [4.78, 5) is 17.9. The summed E-state index contributed by atoms with van der Waals surface area (Å²) in [7, 11) is 1.68. The van der Waals surface area contributed by atoms with E-state index in [2.05, 4.69) is 10.1 Å². The number of thiazole rings is 1. The van der Waals surface area contributed by atoms with Crippen molar-refractivity contribution in [2.24, 2.45) is 10.9 Å². The Bertz CT molecular complexity index is 649. The Morgan fingerprint density at radius 1 is 1.40 bits per heavy atom. The molecule has 0 spiro atoms. The zero-order chi connectivity index (χ0) is 14.7. The quantitative estimate of drug-likeness (QED) is 0.390. The average Bonchev–Trinajstić information content (AvgIpc) is 2.91. The normalized spacial score (nSPS) is 11.4. The van der Waals surface area contributed by atoms with Crippen LogP contribution in [0, 0.1) is 6.92 Å². The van der Waals surface area contributed by atoms with Gasteiger partial charge in [-0.1, -0.05) is 5.16 Å². The zero-order valence-corrected chi connectivity index (χ0v) is 11.9. The smallest absolute Gasteiger partial charge is 0.277 e. The molecule has 104 valence electrons. The van der Waals surface area contributed by atoms with Crippen molar-refractivity contribution in [3.8, 4) is 0 Å². The Hall–Kier alpha value is -2.41. The average molecular weight is 290 g/mol. The van der Waals surface area contributed by atoms with Crippen molar-refractivity contribution < 1.29 is 10.0 Å². The number of carbonyl (C=O) groups is 1. The van der Waals surface area contributed by atoms with Gasteiger partial charge in [0.2, 0.25) is 0 Å². The van der Waals surface area contributed by atoms with Crippen LogP contribution in [-0.4, -0.2) is 29.0 Å². The van der Waals surface area contributed by atoms with Gasteiger partial charge in [0.05, 0.1) is 5.01 Å². The molecule has 0 aliphatic rings. The fourth-order valence-corrected chi connectivity index (χ4v) is 2.25. The van der Waals surface area contributed by atoms with Gasteiger partial charge in [0, 0.05) is 23.7 Å². The lowest BCUT2D eigenvalue weighted by molar-refractivity contribution is 0.0989. The minimum absolute atomic E-state index is 0.0284. The van der Waals surface area contributed by atoms with E-state index in [9.17, 15) is 4.79 Å². The number of nitrogens with zero attached hydrogens (tertiary/aromatic N) is 3. The van der Waals surface area contributed by atoms with Crippen LogP contribution in [0.15, 0.2) is 34.8 Å². The Kier molecular flexibility index (Phi) is 3.99. The van der Waals surface area contributed by atoms with E-state index in [0.717, 1.165) is 5.01 Å². The van der Waals surface area contributed by atoms with Crippen LogP contribution < -0.4 is 10.6 Å². The molecule has 0 radical (unpaired) electrons. The fourth-order valence-electron chi connectivity index (χ4n) is 1.66. The van der Waals surface area contributed by atoms with Crippen LogP contribution in [0.4, 0.5) is 5.69 Å². The Morgan fingerprint density at radius 2 is 2.05 bits per heavy atom. The molecule has 1 heterocycles. The van der Waals surface area contributed by atoms with Gasteiger partial charge in [-0.05, 0) is 31.2 Å². The van der Waals surface area contributed by atoms with E-state index in [0.29, 0.717) is 16.9 Å². The minimum atomic E-state index is -0.175. The van der Waals surface area contributed by atoms with Crippen LogP contribution in [-0.2, 0) is 0 Å². The van der Waals surface area contributed by atoms with Crippen LogP contribution in [0.25, 0.3) is 0 Å². The highest BCUT2D eigenvalue weighted by atomic mass is 32.1. The molecule has 0 atom stereocenters. The first-order valence-electron chi connectivity index (χ1n) is 5.81. The molecule has 20 heavy (non-hydrogen) atoms. The third-order valence-electron chi connectivity index (χ3n) is 2.80. The molecule has 0 aliphatic heterocycles. The molecule has 1 amide bonds.